The van der Waals surface area contributed by atoms with Gasteiger partial charge in [0.25, 0.3) is 0 Å². The molecule has 1 atom stereocenters. The zero-order valence-corrected chi connectivity index (χ0v) is 15.6. The fraction of sp³-hybridized carbons (Fsp3) is 0.190. The molecule has 1 N–H and O–H groups in total. The number of hydrogen-bond acceptors (Lipinski definition) is 4. The summed E-state index contributed by atoms with van der Waals surface area (Å²) < 4.78 is 10.6. The van der Waals surface area contributed by atoms with Crippen LogP contribution < -0.4 is 5.32 Å². The number of rotatable bonds is 6. The Morgan fingerprint density at radius 1 is 1.04 bits per heavy atom. The number of halogens is 1. The summed E-state index contributed by atoms with van der Waals surface area (Å²) in [6.45, 7) is 2.78. The molecule has 0 spiro atoms. The molecule has 0 saturated heterocycles. The standard InChI is InChI=1S/C21H21NO3.ClH/c1-15(16-6-4-3-5-7-16)22-14-19-12-13-20(25-19)17-8-10-18(11-9-17)21(23)24-2;/h3-13,15,22H,14H2,1-2H3;1H. The first kappa shape index (κ1) is 19.8. The Hall–Kier alpha value is -2.56. The number of methoxy groups -OCH3 is 1. The predicted molar refractivity (Wildman–Crippen MR) is 104 cm³/mol. The van der Waals surface area contributed by atoms with Gasteiger partial charge in [0.15, 0.2) is 0 Å². The maximum absolute atomic E-state index is 11.5. The number of carbonyl (C=O) groups is 1. The molecule has 0 aliphatic carbocycles. The summed E-state index contributed by atoms with van der Waals surface area (Å²) in [4.78, 5) is 11.5. The van der Waals surface area contributed by atoms with Crippen LogP contribution in [0.2, 0.25) is 0 Å². The van der Waals surface area contributed by atoms with Crippen LogP contribution in [-0.2, 0) is 11.3 Å². The topological polar surface area (TPSA) is 51.5 Å². The molecule has 1 unspecified atom stereocenters. The number of nitrogens with one attached hydrogen (secondary N) is 1. The minimum Gasteiger partial charge on any atom is -0.465 e. The molecular formula is C21H22ClNO3. The Bertz CT molecular complexity index is 828. The van der Waals surface area contributed by atoms with Crippen molar-refractivity contribution in [3.05, 3.63) is 83.6 Å². The molecule has 4 nitrogen and oxygen atoms in total. The predicted octanol–water partition coefficient (Wildman–Crippen LogP) is 5.01. The van der Waals surface area contributed by atoms with Crippen molar-refractivity contribution in [2.45, 2.75) is 19.5 Å². The van der Waals surface area contributed by atoms with E-state index in [1.54, 1.807) is 12.1 Å². The first-order valence-corrected chi connectivity index (χ1v) is 8.23. The molecule has 0 saturated carbocycles. The summed E-state index contributed by atoms with van der Waals surface area (Å²) in [7, 11) is 1.37. The number of ether oxygens (including phenoxy) is 1. The van der Waals surface area contributed by atoms with Crippen molar-refractivity contribution >= 4 is 18.4 Å². The molecule has 0 amide bonds. The van der Waals surface area contributed by atoms with E-state index in [1.165, 1.54) is 12.7 Å². The van der Waals surface area contributed by atoms with Crippen LogP contribution in [0.1, 0.15) is 34.6 Å². The molecule has 0 aliphatic heterocycles. The fourth-order valence-electron chi connectivity index (χ4n) is 2.63. The van der Waals surface area contributed by atoms with E-state index >= 15 is 0 Å². The van der Waals surface area contributed by atoms with Crippen molar-refractivity contribution in [3.8, 4) is 11.3 Å². The molecule has 0 aliphatic rings. The van der Waals surface area contributed by atoms with Crippen molar-refractivity contribution in [3.63, 3.8) is 0 Å². The minimum atomic E-state index is -0.342. The summed E-state index contributed by atoms with van der Waals surface area (Å²) in [5, 5.41) is 3.46. The van der Waals surface area contributed by atoms with Gasteiger partial charge in [0.1, 0.15) is 11.5 Å². The van der Waals surface area contributed by atoms with E-state index in [-0.39, 0.29) is 24.4 Å². The van der Waals surface area contributed by atoms with Crippen LogP contribution in [0.5, 0.6) is 0 Å². The summed E-state index contributed by atoms with van der Waals surface area (Å²) in [6.07, 6.45) is 0. The summed E-state index contributed by atoms with van der Waals surface area (Å²) in [5.74, 6) is 1.31. The lowest BCUT2D eigenvalue weighted by Crippen LogP contribution is -2.17. The van der Waals surface area contributed by atoms with Crippen LogP contribution in [0.25, 0.3) is 11.3 Å². The summed E-state index contributed by atoms with van der Waals surface area (Å²) in [5.41, 5.74) is 2.69. The van der Waals surface area contributed by atoms with Gasteiger partial charge >= 0.3 is 5.97 Å². The molecule has 3 rings (SSSR count). The van der Waals surface area contributed by atoms with Gasteiger partial charge in [-0.15, -0.1) is 12.4 Å². The molecule has 1 heterocycles. The molecule has 26 heavy (non-hydrogen) atoms. The van der Waals surface area contributed by atoms with Crippen molar-refractivity contribution < 1.29 is 13.9 Å². The van der Waals surface area contributed by atoms with E-state index in [4.69, 9.17) is 9.15 Å². The zero-order valence-electron chi connectivity index (χ0n) is 14.8. The van der Waals surface area contributed by atoms with E-state index in [1.807, 2.05) is 42.5 Å². The molecule has 0 bridgehead atoms. The SMILES string of the molecule is COC(=O)c1ccc(-c2ccc(CNC(C)c3ccccc3)o2)cc1.Cl. The smallest absolute Gasteiger partial charge is 0.337 e. The van der Waals surface area contributed by atoms with Gasteiger partial charge in [-0.3, -0.25) is 0 Å². The van der Waals surface area contributed by atoms with Crippen LogP contribution in [0.15, 0.2) is 71.1 Å². The average molecular weight is 372 g/mol. The van der Waals surface area contributed by atoms with Crippen molar-refractivity contribution in [2.75, 3.05) is 7.11 Å². The lowest BCUT2D eigenvalue weighted by atomic mass is 10.1. The maximum atomic E-state index is 11.5. The first-order chi connectivity index (χ1) is 12.2. The van der Waals surface area contributed by atoms with E-state index in [9.17, 15) is 4.79 Å². The van der Waals surface area contributed by atoms with Crippen LogP contribution in [0, 0.1) is 0 Å². The van der Waals surface area contributed by atoms with Crippen LogP contribution in [0.3, 0.4) is 0 Å². The average Bonchev–Trinajstić information content (AvgIpc) is 3.15. The Balaban J connectivity index is 0.00000243. The highest BCUT2D eigenvalue weighted by molar-refractivity contribution is 5.89. The quantitative estimate of drug-likeness (QED) is 0.619. The van der Waals surface area contributed by atoms with Crippen LogP contribution >= 0.6 is 12.4 Å². The van der Waals surface area contributed by atoms with Crippen LogP contribution in [0.4, 0.5) is 0 Å². The molecule has 2 aromatic carbocycles. The molecule has 3 aromatic rings. The molecule has 1 aromatic heterocycles. The van der Waals surface area contributed by atoms with Crippen molar-refractivity contribution in [1.29, 1.82) is 0 Å². The fourth-order valence-corrected chi connectivity index (χ4v) is 2.63. The molecule has 136 valence electrons. The van der Waals surface area contributed by atoms with Gasteiger partial charge < -0.3 is 14.5 Å². The Morgan fingerprint density at radius 3 is 2.38 bits per heavy atom. The third-order valence-corrected chi connectivity index (χ3v) is 4.13. The Kier molecular flexibility index (Phi) is 7.01. The third kappa shape index (κ3) is 4.75. The van der Waals surface area contributed by atoms with Gasteiger partial charge in [0.2, 0.25) is 0 Å². The monoisotopic (exact) mass is 371 g/mol. The zero-order chi connectivity index (χ0) is 17.6. The highest BCUT2D eigenvalue weighted by Gasteiger charge is 2.09. The highest BCUT2D eigenvalue weighted by atomic mass is 35.5. The highest BCUT2D eigenvalue weighted by Crippen LogP contribution is 2.23. The number of benzene rings is 2. The Labute approximate surface area is 159 Å². The number of furan rings is 1. The van der Waals surface area contributed by atoms with Crippen molar-refractivity contribution in [2.24, 2.45) is 0 Å². The van der Waals surface area contributed by atoms with Gasteiger partial charge in [0.05, 0.1) is 19.2 Å². The molecule has 0 radical (unpaired) electrons. The van der Waals surface area contributed by atoms with Crippen molar-refractivity contribution in [1.82, 2.24) is 5.32 Å². The van der Waals surface area contributed by atoms with E-state index in [0.29, 0.717) is 12.1 Å². The lowest BCUT2D eigenvalue weighted by Gasteiger charge is -2.12. The van der Waals surface area contributed by atoms with E-state index in [2.05, 4.69) is 24.4 Å². The number of hydrogen-bond donors (Lipinski definition) is 1. The van der Waals surface area contributed by atoms with E-state index in [0.717, 1.165) is 17.1 Å². The van der Waals surface area contributed by atoms with Gasteiger partial charge in [0, 0.05) is 11.6 Å². The minimum absolute atomic E-state index is 0. The van der Waals surface area contributed by atoms with Gasteiger partial charge in [-0.05, 0) is 36.8 Å². The second kappa shape index (κ2) is 9.22. The number of carbonyl (C=O) groups excluding carboxylic acids is 1. The second-order valence-corrected chi connectivity index (χ2v) is 5.85. The summed E-state index contributed by atoms with van der Waals surface area (Å²) >= 11 is 0. The second-order valence-electron chi connectivity index (χ2n) is 5.85. The first-order valence-electron chi connectivity index (χ1n) is 8.23. The molecular weight excluding hydrogens is 350 g/mol. The van der Waals surface area contributed by atoms with Gasteiger partial charge in [-0.2, -0.15) is 0 Å². The largest absolute Gasteiger partial charge is 0.465 e. The third-order valence-electron chi connectivity index (χ3n) is 4.13. The van der Waals surface area contributed by atoms with E-state index < -0.39 is 0 Å². The number of esters is 1. The lowest BCUT2D eigenvalue weighted by molar-refractivity contribution is 0.0600. The van der Waals surface area contributed by atoms with Gasteiger partial charge in [-0.25, -0.2) is 4.79 Å². The maximum Gasteiger partial charge on any atom is 0.337 e. The molecule has 0 fully saturated rings. The molecule has 5 heteroatoms. The van der Waals surface area contributed by atoms with Gasteiger partial charge in [-0.1, -0.05) is 42.5 Å². The summed E-state index contributed by atoms with van der Waals surface area (Å²) in [6, 6.07) is 21.6. The van der Waals surface area contributed by atoms with Crippen LogP contribution in [-0.4, -0.2) is 13.1 Å². The normalized spacial score (nSPS) is 11.5. The Morgan fingerprint density at radius 2 is 1.73 bits per heavy atom.